The van der Waals surface area contributed by atoms with E-state index in [2.05, 4.69) is 21.9 Å². The number of benzene rings is 1. The molecule has 1 heterocycles. The molecule has 8 nitrogen and oxygen atoms in total. The molecule has 170 valence electrons. The normalized spacial score (nSPS) is 18.0. The van der Waals surface area contributed by atoms with Crippen LogP contribution in [0, 0.1) is 0 Å². The quantitative estimate of drug-likeness (QED) is 0.421. The number of rotatable bonds is 8. The number of nitrogens with zero attached hydrogens (tertiary/aromatic N) is 2. The van der Waals surface area contributed by atoms with Gasteiger partial charge in [-0.25, -0.2) is 9.59 Å². The molecule has 0 atom stereocenters. The Balaban J connectivity index is 0.000000366. The fraction of sp³-hybridized carbons (Fsp3) is 0.522. The van der Waals surface area contributed by atoms with Gasteiger partial charge in [0.2, 0.25) is 0 Å². The molecule has 3 rings (SSSR count). The highest BCUT2D eigenvalue weighted by Gasteiger charge is 2.20. The molecule has 0 aromatic heterocycles. The van der Waals surface area contributed by atoms with E-state index < -0.39 is 11.9 Å². The summed E-state index contributed by atoms with van der Waals surface area (Å²) in [5.41, 5.74) is 2.24. The number of ketones is 1. The van der Waals surface area contributed by atoms with E-state index in [1.54, 1.807) is 0 Å². The van der Waals surface area contributed by atoms with E-state index in [0.717, 1.165) is 38.3 Å². The number of aliphatic hydroxyl groups is 1. The summed E-state index contributed by atoms with van der Waals surface area (Å²) in [6.45, 7) is 5.16. The molecule has 1 saturated heterocycles. The number of carboxylic acid groups (broad SMARTS) is 2. The molecule has 0 amide bonds. The summed E-state index contributed by atoms with van der Waals surface area (Å²) in [5, 5.41) is 24.6. The standard InChI is InChI=1S/C19H28N2O2.C4H4O4/c22-14-13-20-9-11-21(12-10-20)15-19(23)18-7-5-17(6-8-18)16-3-1-2-4-16;5-3(6)1-2-4(7)8/h5-8,16,22H,1-4,9-15H2;1-2H,(H,5,6)(H,7,8)/b;2-1-. The minimum Gasteiger partial charge on any atom is -0.478 e. The number of Topliss-reactive ketones (excluding diaryl/α,β-unsaturated/α-hetero) is 1. The third-order valence-corrected chi connectivity index (χ3v) is 5.68. The molecule has 3 N–H and O–H groups in total. The van der Waals surface area contributed by atoms with Crippen molar-refractivity contribution in [2.75, 3.05) is 45.9 Å². The first-order chi connectivity index (χ1) is 14.9. The third kappa shape index (κ3) is 9.00. The van der Waals surface area contributed by atoms with Gasteiger partial charge in [-0.3, -0.25) is 14.6 Å². The van der Waals surface area contributed by atoms with Crippen LogP contribution in [0.2, 0.25) is 0 Å². The van der Waals surface area contributed by atoms with Gasteiger partial charge in [0.1, 0.15) is 0 Å². The van der Waals surface area contributed by atoms with Crippen molar-refractivity contribution in [3.05, 3.63) is 47.5 Å². The molecular formula is C23H32N2O6. The summed E-state index contributed by atoms with van der Waals surface area (Å²) < 4.78 is 0. The van der Waals surface area contributed by atoms with E-state index in [0.29, 0.717) is 24.6 Å². The van der Waals surface area contributed by atoms with Gasteiger partial charge in [-0.1, -0.05) is 37.1 Å². The zero-order valence-corrected chi connectivity index (χ0v) is 17.8. The van der Waals surface area contributed by atoms with Gasteiger partial charge in [0.05, 0.1) is 13.2 Å². The van der Waals surface area contributed by atoms with Crippen LogP contribution in [-0.4, -0.2) is 88.7 Å². The predicted octanol–water partition coefficient (Wildman–Crippen LogP) is 1.85. The topological polar surface area (TPSA) is 118 Å². The van der Waals surface area contributed by atoms with Crippen LogP contribution in [0.15, 0.2) is 36.4 Å². The predicted molar refractivity (Wildman–Crippen MR) is 116 cm³/mol. The van der Waals surface area contributed by atoms with Crippen LogP contribution in [0.5, 0.6) is 0 Å². The maximum absolute atomic E-state index is 12.5. The molecule has 2 aliphatic rings. The molecule has 1 aliphatic carbocycles. The van der Waals surface area contributed by atoms with E-state index in [-0.39, 0.29) is 12.4 Å². The van der Waals surface area contributed by atoms with E-state index in [1.807, 2.05) is 12.1 Å². The Morgan fingerprint density at radius 3 is 1.87 bits per heavy atom. The maximum Gasteiger partial charge on any atom is 0.328 e. The summed E-state index contributed by atoms with van der Waals surface area (Å²) in [5.74, 6) is -1.59. The summed E-state index contributed by atoms with van der Waals surface area (Å²) in [4.78, 5) is 36.0. The Kier molecular flexibility index (Phi) is 10.4. The van der Waals surface area contributed by atoms with Gasteiger partial charge in [0.15, 0.2) is 5.78 Å². The van der Waals surface area contributed by atoms with Crippen LogP contribution in [0.25, 0.3) is 0 Å². The Hall–Kier alpha value is -2.55. The van der Waals surface area contributed by atoms with Crippen LogP contribution in [0.1, 0.15) is 47.5 Å². The maximum atomic E-state index is 12.5. The van der Waals surface area contributed by atoms with Crippen LogP contribution >= 0.6 is 0 Å². The highest BCUT2D eigenvalue weighted by atomic mass is 16.4. The number of hydrogen-bond acceptors (Lipinski definition) is 6. The largest absolute Gasteiger partial charge is 0.478 e. The molecule has 0 bridgehead atoms. The molecule has 8 heteroatoms. The number of β-amino-alcohol motifs (C(OH)–C–C–N with tert-alkyl or cyclic N) is 1. The van der Waals surface area contributed by atoms with Gasteiger partial charge < -0.3 is 15.3 Å². The van der Waals surface area contributed by atoms with Crippen LogP contribution in [-0.2, 0) is 9.59 Å². The fourth-order valence-electron chi connectivity index (χ4n) is 3.95. The fourth-order valence-corrected chi connectivity index (χ4v) is 3.95. The monoisotopic (exact) mass is 432 g/mol. The highest BCUT2D eigenvalue weighted by molar-refractivity contribution is 5.97. The van der Waals surface area contributed by atoms with Gasteiger partial charge in [-0.15, -0.1) is 0 Å². The SMILES string of the molecule is O=C(CN1CCN(CCO)CC1)c1ccc(C2CCCC2)cc1.O=C(O)/C=C\C(=O)O. The van der Waals surface area contributed by atoms with Gasteiger partial charge in [0.25, 0.3) is 0 Å². The van der Waals surface area contributed by atoms with Gasteiger partial charge in [0, 0.05) is 50.4 Å². The molecular weight excluding hydrogens is 400 g/mol. The first-order valence-corrected chi connectivity index (χ1v) is 10.7. The lowest BCUT2D eigenvalue weighted by Crippen LogP contribution is -2.48. The lowest BCUT2D eigenvalue weighted by molar-refractivity contribution is -0.134. The second kappa shape index (κ2) is 13.0. The van der Waals surface area contributed by atoms with Crippen molar-refractivity contribution in [2.45, 2.75) is 31.6 Å². The molecule has 31 heavy (non-hydrogen) atoms. The molecule has 0 radical (unpaired) electrons. The van der Waals surface area contributed by atoms with E-state index >= 15 is 0 Å². The average Bonchev–Trinajstić information content (AvgIpc) is 3.29. The van der Waals surface area contributed by atoms with Crippen molar-refractivity contribution < 1.29 is 29.7 Å². The summed E-state index contributed by atoms with van der Waals surface area (Å²) in [6, 6.07) is 8.33. The molecule has 1 aromatic carbocycles. The summed E-state index contributed by atoms with van der Waals surface area (Å²) >= 11 is 0. The second-order valence-electron chi connectivity index (χ2n) is 7.88. The minimum absolute atomic E-state index is 0.215. The van der Waals surface area contributed by atoms with Crippen molar-refractivity contribution in [3.63, 3.8) is 0 Å². The zero-order valence-electron chi connectivity index (χ0n) is 17.8. The molecule has 1 aliphatic heterocycles. The molecule has 0 spiro atoms. The summed E-state index contributed by atoms with van der Waals surface area (Å²) in [6.07, 6.45) is 6.39. The third-order valence-electron chi connectivity index (χ3n) is 5.68. The zero-order chi connectivity index (χ0) is 22.6. The number of aliphatic carboxylic acids is 2. The number of carbonyl (C=O) groups excluding carboxylic acids is 1. The van der Waals surface area contributed by atoms with Crippen molar-refractivity contribution in [1.29, 1.82) is 0 Å². The average molecular weight is 433 g/mol. The van der Waals surface area contributed by atoms with Crippen molar-refractivity contribution >= 4 is 17.7 Å². The Morgan fingerprint density at radius 1 is 0.871 bits per heavy atom. The summed E-state index contributed by atoms with van der Waals surface area (Å²) in [7, 11) is 0. The molecule has 2 fully saturated rings. The Bertz CT molecular complexity index is 732. The lowest BCUT2D eigenvalue weighted by Gasteiger charge is -2.33. The van der Waals surface area contributed by atoms with Crippen LogP contribution in [0.3, 0.4) is 0 Å². The highest BCUT2D eigenvalue weighted by Crippen LogP contribution is 2.33. The Labute approximate surface area is 182 Å². The van der Waals surface area contributed by atoms with Crippen molar-refractivity contribution in [2.24, 2.45) is 0 Å². The minimum atomic E-state index is -1.26. The number of carbonyl (C=O) groups is 3. The van der Waals surface area contributed by atoms with Crippen molar-refractivity contribution in [1.82, 2.24) is 9.80 Å². The molecule has 1 saturated carbocycles. The first kappa shape index (κ1) is 24.7. The van der Waals surface area contributed by atoms with Crippen LogP contribution < -0.4 is 0 Å². The first-order valence-electron chi connectivity index (χ1n) is 10.7. The Morgan fingerprint density at radius 2 is 1.39 bits per heavy atom. The van der Waals surface area contributed by atoms with Crippen LogP contribution in [0.4, 0.5) is 0 Å². The number of hydrogen-bond donors (Lipinski definition) is 3. The number of piperazine rings is 1. The lowest BCUT2D eigenvalue weighted by atomic mass is 9.96. The van der Waals surface area contributed by atoms with Gasteiger partial charge in [-0.05, 0) is 24.3 Å². The van der Waals surface area contributed by atoms with Crippen molar-refractivity contribution in [3.8, 4) is 0 Å². The number of carboxylic acids is 2. The molecule has 0 unspecified atom stereocenters. The van der Waals surface area contributed by atoms with Gasteiger partial charge >= 0.3 is 11.9 Å². The van der Waals surface area contributed by atoms with E-state index in [9.17, 15) is 14.4 Å². The number of aliphatic hydroxyl groups excluding tert-OH is 1. The van der Waals surface area contributed by atoms with E-state index in [4.69, 9.17) is 15.3 Å². The second-order valence-corrected chi connectivity index (χ2v) is 7.88. The molecule has 1 aromatic rings. The van der Waals surface area contributed by atoms with E-state index in [1.165, 1.54) is 31.2 Å². The smallest absolute Gasteiger partial charge is 0.328 e. The van der Waals surface area contributed by atoms with Gasteiger partial charge in [-0.2, -0.15) is 0 Å².